The van der Waals surface area contributed by atoms with Gasteiger partial charge in [-0.25, -0.2) is 0 Å². The van der Waals surface area contributed by atoms with Crippen LogP contribution in [0.2, 0.25) is 0 Å². The van der Waals surface area contributed by atoms with Gasteiger partial charge in [-0.05, 0) is 67.6 Å². The standard InChI is InChI=1S/C19H27NO/c20-19(9-1-2-17(13-19)15-4-5-15)10-7-14-3-6-18-16(12-14)8-11-21-18/h3,6,12,15,17H,1-2,4-5,7-11,13,20H2. The van der Waals surface area contributed by atoms with Crippen molar-refractivity contribution >= 4 is 0 Å². The molecule has 4 rings (SSSR count). The van der Waals surface area contributed by atoms with E-state index < -0.39 is 0 Å². The molecule has 0 radical (unpaired) electrons. The fourth-order valence-corrected chi connectivity index (χ4v) is 4.43. The highest BCUT2D eigenvalue weighted by molar-refractivity contribution is 5.39. The van der Waals surface area contributed by atoms with E-state index >= 15 is 0 Å². The molecule has 2 unspecified atom stereocenters. The molecule has 2 N–H and O–H groups in total. The van der Waals surface area contributed by atoms with Crippen LogP contribution in [0.1, 0.15) is 56.1 Å². The second-order valence-electron chi connectivity index (χ2n) is 7.60. The lowest BCUT2D eigenvalue weighted by Crippen LogP contribution is -2.45. The molecular formula is C19H27NO. The minimum absolute atomic E-state index is 0.0982. The molecule has 114 valence electrons. The molecule has 0 saturated heterocycles. The van der Waals surface area contributed by atoms with Gasteiger partial charge < -0.3 is 10.5 Å². The highest BCUT2D eigenvalue weighted by atomic mass is 16.5. The van der Waals surface area contributed by atoms with E-state index in [1.165, 1.54) is 49.7 Å². The molecule has 2 heteroatoms. The predicted octanol–water partition coefficient (Wildman–Crippen LogP) is 3.85. The molecule has 2 fully saturated rings. The minimum atomic E-state index is 0.0982. The summed E-state index contributed by atoms with van der Waals surface area (Å²) in [6.45, 7) is 0.850. The summed E-state index contributed by atoms with van der Waals surface area (Å²) in [5.74, 6) is 3.04. The SMILES string of the molecule is NC1(CCc2ccc3c(c2)CCO3)CCCC(C2CC2)C1. The van der Waals surface area contributed by atoms with Crippen molar-refractivity contribution in [2.75, 3.05) is 6.61 Å². The van der Waals surface area contributed by atoms with Crippen LogP contribution in [-0.4, -0.2) is 12.1 Å². The smallest absolute Gasteiger partial charge is 0.122 e. The zero-order valence-corrected chi connectivity index (χ0v) is 12.9. The van der Waals surface area contributed by atoms with Crippen LogP contribution in [0.15, 0.2) is 18.2 Å². The van der Waals surface area contributed by atoms with Crippen molar-refractivity contribution in [3.05, 3.63) is 29.3 Å². The van der Waals surface area contributed by atoms with Crippen LogP contribution >= 0.6 is 0 Å². The molecule has 2 nitrogen and oxygen atoms in total. The molecule has 21 heavy (non-hydrogen) atoms. The van der Waals surface area contributed by atoms with Gasteiger partial charge in [-0.1, -0.05) is 25.0 Å². The first kappa shape index (κ1) is 13.6. The van der Waals surface area contributed by atoms with Crippen molar-refractivity contribution in [2.45, 2.75) is 63.3 Å². The Morgan fingerprint density at radius 3 is 2.95 bits per heavy atom. The van der Waals surface area contributed by atoms with Crippen molar-refractivity contribution in [1.29, 1.82) is 0 Å². The first-order valence-corrected chi connectivity index (χ1v) is 8.75. The summed E-state index contributed by atoms with van der Waals surface area (Å²) in [6, 6.07) is 6.72. The number of benzene rings is 1. The molecule has 1 heterocycles. The molecule has 3 aliphatic rings. The van der Waals surface area contributed by atoms with Gasteiger partial charge in [-0.3, -0.25) is 0 Å². The molecule has 0 amide bonds. The third-order valence-electron chi connectivity index (χ3n) is 5.87. The van der Waals surface area contributed by atoms with Crippen LogP contribution < -0.4 is 10.5 Å². The molecule has 2 aliphatic carbocycles. The Hall–Kier alpha value is -1.02. The van der Waals surface area contributed by atoms with Crippen molar-refractivity contribution in [1.82, 2.24) is 0 Å². The van der Waals surface area contributed by atoms with Crippen molar-refractivity contribution in [2.24, 2.45) is 17.6 Å². The molecular weight excluding hydrogens is 258 g/mol. The summed E-state index contributed by atoms with van der Waals surface area (Å²) in [6.07, 6.45) is 11.5. The van der Waals surface area contributed by atoms with E-state index in [9.17, 15) is 0 Å². The van der Waals surface area contributed by atoms with Gasteiger partial charge >= 0.3 is 0 Å². The summed E-state index contributed by atoms with van der Waals surface area (Å²) in [7, 11) is 0. The lowest BCUT2D eigenvalue weighted by molar-refractivity contribution is 0.195. The van der Waals surface area contributed by atoms with Gasteiger partial charge in [0.1, 0.15) is 5.75 Å². The Morgan fingerprint density at radius 1 is 1.19 bits per heavy atom. The monoisotopic (exact) mass is 285 g/mol. The molecule has 0 spiro atoms. The Balaban J connectivity index is 1.38. The van der Waals surface area contributed by atoms with Gasteiger partial charge in [0.25, 0.3) is 0 Å². The van der Waals surface area contributed by atoms with Crippen LogP contribution in [0.25, 0.3) is 0 Å². The molecule has 1 aromatic carbocycles. The number of rotatable bonds is 4. The predicted molar refractivity (Wildman–Crippen MR) is 85.6 cm³/mol. The molecule has 1 aromatic rings. The molecule has 0 aromatic heterocycles. The zero-order chi connectivity index (χ0) is 14.3. The maximum absolute atomic E-state index is 6.75. The first-order chi connectivity index (χ1) is 10.2. The van der Waals surface area contributed by atoms with E-state index in [4.69, 9.17) is 10.5 Å². The maximum Gasteiger partial charge on any atom is 0.122 e. The van der Waals surface area contributed by atoms with Gasteiger partial charge in [-0.15, -0.1) is 0 Å². The summed E-state index contributed by atoms with van der Waals surface area (Å²) in [4.78, 5) is 0. The van der Waals surface area contributed by atoms with Gasteiger partial charge in [-0.2, -0.15) is 0 Å². The fourth-order valence-electron chi connectivity index (χ4n) is 4.43. The van der Waals surface area contributed by atoms with Gasteiger partial charge in [0.05, 0.1) is 6.61 Å². The van der Waals surface area contributed by atoms with Crippen molar-refractivity contribution < 1.29 is 4.74 Å². The molecule has 2 atom stereocenters. The fraction of sp³-hybridized carbons (Fsp3) is 0.684. The maximum atomic E-state index is 6.75. The van der Waals surface area contributed by atoms with Crippen LogP contribution in [0.5, 0.6) is 5.75 Å². The van der Waals surface area contributed by atoms with Crippen molar-refractivity contribution in [3.63, 3.8) is 0 Å². The molecule has 2 saturated carbocycles. The lowest BCUT2D eigenvalue weighted by Gasteiger charge is -2.38. The van der Waals surface area contributed by atoms with Gasteiger partial charge in [0.15, 0.2) is 0 Å². The minimum Gasteiger partial charge on any atom is -0.493 e. The normalized spacial score (nSPS) is 31.8. The highest BCUT2D eigenvalue weighted by Crippen LogP contribution is 2.46. The summed E-state index contributed by atoms with van der Waals surface area (Å²) >= 11 is 0. The number of aryl methyl sites for hydroxylation is 1. The van der Waals surface area contributed by atoms with Crippen molar-refractivity contribution in [3.8, 4) is 5.75 Å². The Morgan fingerprint density at radius 2 is 2.10 bits per heavy atom. The van der Waals surface area contributed by atoms with Crippen LogP contribution in [-0.2, 0) is 12.8 Å². The largest absolute Gasteiger partial charge is 0.493 e. The Bertz CT molecular complexity index is 522. The average Bonchev–Trinajstić information content (AvgIpc) is 3.24. The number of nitrogens with two attached hydrogens (primary N) is 1. The zero-order valence-electron chi connectivity index (χ0n) is 12.9. The topological polar surface area (TPSA) is 35.2 Å². The third kappa shape index (κ3) is 2.96. The van der Waals surface area contributed by atoms with Crippen LogP contribution in [0.3, 0.4) is 0 Å². The van der Waals surface area contributed by atoms with E-state index in [0.29, 0.717) is 0 Å². The highest BCUT2D eigenvalue weighted by Gasteiger charge is 2.39. The van der Waals surface area contributed by atoms with Crippen LogP contribution in [0.4, 0.5) is 0 Å². The van der Waals surface area contributed by atoms with Crippen LogP contribution in [0, 0.1) is 11.8 Å². The Kier molecular flexibility index (Phi) is 3.45. The van der Waals surface area contributed by atoms with E-state index in [1.54, 1.807) is 0 Å². The van der Waals surface area contributed by atoms with Gasteiger partial charge in [0.2, 0.25) is 0 Å². The quantitative estimate of drug-likeness (QED) is 0.912. The second kappa shape index (κ2) is 5.31. The number of hydrogen-bond acceptors (Lipinski definition) is 2. The molecule has 1 aliphatic heterocycles. The van der Waals surface area contributed by atoms with Gasteiger partial charge in [0, 0.05) is 12.0 Å². The Labute approximate surface area is 128 Å². The lowest BCUT2D eigenvalue weighted by atomic mass is 9.72. The third-order valence-corrected chi connectivity index (χ3v) is 5.87. The summed E-state index contributed by atoms with van der Waals surface area (Å²) in [5, 5.41) is 0. The number of fused-ring (bicyclic) bond motifs is 1. The summed E-state index contributed by atoms with van der Waals surface area (Å²) in [5.41, 5.74) is 9.68. The second-order valence-corrected chi connectivity index (χ2v) is 7.60. The number of ether oxygens (including phenoxy) is 1. The molecule has 0 bridgehead atoms. The number of hydrogen-bond donors (Lipinski definition) is 1. The van der Waals surface area contributed by atoms with E-state index in [1.807, 2.05) is 0 Å². The first-order valence-electron chi connectivity index (χ1n) is 8.75. The summed E-state index contributed by atoms with van der Waals surface area (Å²) < 4.78 is 5.59. The van der Waals surface area contributed by atoms with E-state index in [-0.39, 0.29) is 5.54 Å². The van der Waals surface area contributed by atoms with E-state index in [2.05, 4.69) is 18.2 Å². The average molecular weight is 285 g/mol. The van der Waals surface area contributed by atoms with E-state index in [0.717, 1.165) is 43.5 Å².